The Morgan fingerprint density at radius 3 is 2.76 bits per heavy atom. The van der Waals surface area contributed by atoms with Crippen LogP contribution in [0.25, 0.3) is 10.4 Å². The molecule has 1 heterocycles. The maximum Gasteiger partial charge on any atom is 0.260 e. The van der Waals surface area contributed by atoms with Gasteiger partial charge in [-0.1, -0.05) is 24.3 Å². The van der Waals surface area contributed by atoms with E-state index in [2.05, 4.69) is 12.1 Å². The molecule has 4 N–H and O–H groups in total. The molecular weight excluding hydrogens is 232 g/mol. The topological polar surface area (TPSA) is 69.1 Å². The van der Waals surface area contributed by atoms with E-state index in [0.29, 0.717) is 10.6 Å². The van der Waals surface area contributed by atoms with Crippen molar-refractivity contribution in [3.05, 3.63) is 40.3 Å². The predicted molar refractivity (Wildman–Crippen MR) is 70.1 cm³/mol. The van der Waals surface area contributed by atoms with E-state index in [0.717, 1.165) is 23.3 Å². The number of nitrogens with two attached hydrogens (primary N) is 2. The molecule has 1 aromatic carbocycles. The van der Waals surface area contributed by atoms with Gasteiger partial charge in [0.1, 0.15) is 4.88 Å². The molecule has 0 unspecified atom stereocenters. The van der Waals surface area contributed by atoms with Gasteiger partial charge in [0.2, 0.25) is 0 Å². The second-order valence-corrected chi connectivity index (χ2v) is 5.19. The Balaban J connectivity index is 2.27. The third-order valence-corrected chi connectivity index (χ3v) is 4.47. The van der Waals surface area contributed by atoms with Gasteiger partial charge in [-0.15, -0.1) is 11.3 Å². The Kier molecular flexibility index (Phi) is 2.19. The van der Waals surface area contributed by atoms with Crippen LogP contribution in [0, 0.1) is 0 Å². The quantitative estimate of drug-likeness (QED) is 0.807. The lowest BCUT2D eigenvalue weighted by Gasteiger charge is -2.16. The van der Waals surface area contributed by atoms with Gasteiger partial charge in [0.05, 0.1) is 5.69 Å². The van der Waals surface area contributed by atoms with Gasteiger partial charge in [0.15, 0.2) is 0 Å². The van der Waals surface area contributed by atoms with E-state index in [1.165, 1.54) is 22.5 Å². The van der Waals surface area contributed by atoms with Gasteiger partial charge >= 0.3 is 0 Å². The molecule has 3 nitrogen and oxygen atoms in total. The highest BCUT2D eigenvalue weighted by molar-refractivity contribution is 7.18. The summed E-state index contributed by atoms with van der Waals surface area (Å²) in [6.07, 6.45) is 1.87. The predicted octanol–water partition coefficient (Wildman–Crippen LogP) is 2.19. The molecule has 1 amide bonds. The van der Waals surface area contributed by atoms with Crippen LogP contribution in [-0.4, -0.2) is 5.91 Å². The third-order valence-electron chi connectivity index (χ3n) is 3.18. The van der Waals surface area contributed by atoms with Gasteiger partial charge < -0.3 is 11.5 Å². The van der Waals surface area contributed by atoms with Crippen LogP contribution in [0.2, 0.25) is 0 Å². The first-order valence-corrected chi connectivity index (χ1v) is 6.29. The lowest BCUT2D eigenvalue weighted by atomic mass is 9.91. The van der Waals surface area contributed by atoms with Crippen LogP contribution in [0.5, 0.6) is 0 Å². The second kappa shape index (κ2) is 3.60. The molecule has 1 aliphatic rings. The van der Waals surface area contributed by atoms with Crippen LogP contribution in [0.3, 0.4) is 0 Å². The van der Waals surface area contributed by atoms with Crippen molar-refractivity contribution >= 4 is 22.9 Å². The van der Waals surface area contributed by atoms with Gasteiger partial charge in [-0.2, -0.15) is 0 Å². The Bertz CT molecular complexity index is 616. The maximum absolute atomic E-state index is 11.3. The molecule has 2 aromatic rings. The molecule has 0 bridgehead atoms. The number of benzene rings is 1. The fraction of sp³-hybridized carbons (Fsp3) is 0.154. The van der Waals surface area contributed by atoms with Crippen molar-refractivity contribution < 1.29 is 4.79 Å². The molecule has 0 fully saturated rings. The van der Waals surface area contributed by atoms with Gasteiger partial charge in [0.25, 0.3) is 5.91 Å². The summed E-state index contributed by atoms with van der Waals surface area (Å²) in [6.45, 7) is 0. The number of primary amides is 1. The van der Waals surface area contributed by atoms with Crippen molar-refractivity contribution in [1.82, 2.24) is 0 Å². The zero-order chi connectivity index (χ0) is 12.0. The van der Waals surface area contributed by atoms with Crippen molar-refractivity contribution in [2.45, 2.75) is 12.8 Å². The standard InChI is InChI=1S/C13H12N2OS/c14-10-9-6-5-7-3-1-2-4-8(7)11(9)17-12(10)13(15)16/h1-4H,5-6,14H2,(H2,15,16). The molecule has 0 atom stereocenters. The van der Waals surface area contributed by atoms with Crippen LogP contribution < -0.4 is 11.5 Å². The van der Waals surface area contributed by atoms with Gasteiger partial charge in [0, 0.05) is 4.88 Å². The average molecular weight is 244 g/mol. The lowest BCUT2D eigenvalue weighted by molar-refractivity contribution is 0.100. The highest BCUT2D eigenvalue weighted by Crippen LogP contribution is 2.43. The highest BCUT2D eigenvalue weighted by Gasteiger charge is 2.24. The van der Waals surface area contributed by atoms with E-state index < -0.39 is 5.91 Å². The fourth-order valence-corrected chi connectivity index (χ4v) is 3.53. The van der Waals surface area contributed by atoms with Crippen molar-refractivity contribution in [2.75, 3.05) is 5.73 Å². The summed E-state index contributed by atoms with van der Waals surface area (Å²) in [5.41, 5.74) is 15.5. The molecule has 0 radical (unpaired) electrons. The number of carbonyl (C=O) groups excluding carboxylic acids is 1. The summed E-state index contributed by atoms with van der Waals surface area (Å²) in [5.74, 6) is -0.431. The highest BCUT2D eigenvalue weighted by atomic mass is 32.1. The zero-order valence-electron chi connectivity index (χ0n) is 9.19. The molecule has 1 aromatic heterocycles. The smallest absolute Gasteiger partial charge is 0.260 e. The number of nitrogen functional groups attached to an aromatic ring is 1. The van der Waals surface area contributed by atoms with Crippen LogP contribution in [0.1, 0.15) is 20.8 Å². The Morgan fingerprint density at radius 1 is 1.24 bits per heavy atom. The van der Waals surface area contributed by atoms with Gasteiger partial charge in [-0.25, -0.2) is 0 Å². The van der Waals surface area contributed by atoms with E-state index in [9.17, 15) is 4.79 Å². The minimum absolute atomic E-state index is 0.431. The number of anilines is 1. The molecule has 1 aliphatic carbocycles. The van der Waals surface area contributed by atoms with E-state index in [1.807, 2.05) is 12.1 Å². The Hall–Kier alpha value is -1.81. The van der Waals surface area contributed by atoms with Crippen molar-refractivity contribution in [3.8, 4) is 10.4 Å². The number of fused-ring (bicyclic) bond motifs is 3. The summed E-state index contributed by atoms with van der Waals surface area (Å²) in [5, 5.41) is 0. The number of amides is 1. The first-order chi connectivity index (χ1) is 8.18. The summed E-state index contributed by atoms with van der Waals surface area (Å²) in [7, 11) is 0. The summed E-state index contributed by atoms with van der Waals surface area (Å²) < 4.78 is 0. The van der Waals surface area contributed by atoms with Crippen LogP contribution in [-0.2, 0) is 12.8 Å². The van der Waals surface area contributed by atoms with Crippen LogP contribution in [0.15, 0.2) is 24.3 Å². The maximum atomic E-state index is 11.3. The molecule has 0 saturated heterocycles. The first kappa shape index (κ1) is 10.4. The minimum Gasteiger partial charge on any atom is -0.397 e. The Labute approximate surface area is 103 Å². The van der Waals surface area contributed by atoms with Gasteiger partial charge in [-0.3, -0.25) is 4.79 Å². The first-order valence-electron chi connectivity index (χ1n) is 5.47. The van der Waals surface area contributed by atoms with E-state index in [4.69, 9.17) is 11.5 Å². The number of carbonyl (C=O) groups is 1. The van der Waals surface area contributed by atoms with Crippen molar-refractivity contribution in [2.24, 2.45) is 5.73 Å². The van der Waals surface area contributed by atoms with Crippen LogP contribution >= 0.6 is 11.3 Å². The zero-order valence-corrected chi connectivity index (χ0v) is 10.0. The molecule has 86 valence electrons. The van der Waals surface area contributed by atoms with E-state index >= 15 is 0 Å². The summed E-state index contributed by atoms with van der Waals surface area (Å²) >= 11 is 1.41. The normalized spacial score (nSPS) is 12.9. The third kappa shape index (κ3) is 1.45. The van der Waals surface area contributed by atoms with Crippen molar-refractivity contribution in [3.63, 3.8) is 0 Å². The average Bonchev–Trinajstić information content (AvgIpc) is 2.67. The molecule has 17 heavy (non-hydrogen) atoms. The number of hydrogen-bond acceptors (Lipinski definition) is 3. The number of hydrogen-bond donors (Lipinski definition) is 2. The van der Waals surface area contributed by atoms with E-state index in [-0.39, 0.29) is 0 Å². The SMILES string of the molecule is NC(=O)c1sc2c(c1N)CCc1ccccc1-2. The van der Waals surface area contributed by atoms with Crippen LogP contribution in [0.4, 0.5) is 5.69 Å². The monoisotopic (exact) mass is 244 g/mol. The minimum atomic E-state index is -0.431. The number of rotatable bonds is 1. The molecule has 0 saturated carbocycles. The fourth-order valence-electron chi connectivity index (χ4n) is 2.35. The molecule has 0 aliphatic heterocycles. The largest absolute Gasteiger partial charge is 0.397 e. The lowest BCUT2D eigenvalue weighted by Crippen LogP contribution is -2.11. The molecule has 0 spiro atoms. The Morgan fingerprint density at radius 2 is 2.00 bits per heavy atom. The van der Waals surface area contributed by atoms with E-state index in [1.54, 1.807) is 0 Å². The summed E-state index contributed by atoms with van der Waals surface area (Å²) in [4.78, 5) is 12.9. The number of aryl methyl sites for hydroxylation is 1. The van der Waals surface area contributed by atoms with Crippen molar-refractivity contribution in [1.29, 1.82) is 0 Å². The second-order valence-electron chi connectivity index (χ2n) is 4.17. The molecule has 3 rings (SSSR count). The number of thiophene rings is 1. The van der Waals surface area contributed by atoms with Gasteiger partial charge in [-0.05, 0) is 29.5 Å². The summed E-state index contributed by atoms with van der Waals surface area (Å²) in [6, 6.07) is 8.25. The molecule has 4 heteroatoms. The molecular formula is C13H12N2OS.